The molecule has 0 saturated heterocycles. The van der Waals surface area contributed by atoms with Crippen LogP contribution in [0.2, 0.25) is 5.02 Å². The van der Waals surface area contributed by atoms with Crippen molar-refractivity contribution in [2.45, 2.75) is 10.6 Å². The number of nitrogens with zero attached hydrogens (tertiary/aromatic N) is 1. The number of rotatable bonds is 3. The minimum atomic E-state index is 0.760. The molecule has 4 heteroatoms. The third kappa shape index (κ3) is 2.53. The Morgan fingerprint density at radius 3 is 2.64 bits per heavy atom. The summed E-state index contributed by atoms with van der Waals surface area (Å²) in [4.78, 5) is 1.18. The van der Waals surface area contributed by atoms with Crippen LogP contribution in [0.15, 0.2) is 46.0 Å². The first-order valence-corrected chi connectivity index (χ1v) is 5.48. The van der Waals surface area contributed by atoms with E-state index in [0.29, 0.717) is 0 Å². The van der Waals surface area contributed by atoms with Crippen molar-refractivity contribution in [2.75, 3.05) is 0 Å². The monoisotopic (exact) mass is 225 g/mol. The summed E-state index contributed by atoms with van der Waals surface area (Å²) in [6, 6.07) is 9.61. The molecule has 0 aliphatic rings. The minimum Gasteiger partial charge on any atom is -0.364 e. The van der Waals surface area contributed by atoms with E-state index in [1.165, 1.54) is 4.90 Å². The van der Waals surface area contributed by atoms with Crippen molar-refractivity contribution in [3.8, 4) is 0 Å². The summed E-state index contributed by atoms with van der Waals surface area (Å²) >= 11 is 7.48. The fraction of sp³-hybridized carbons (Fsp3) is 0.100. The standard InChI is InChI=1S/C10H8ClNOS/c11-8-1-3-10(4-2-8)14-7-9-5-6-13-12-9/h1-6H,7H2. The number of aromatic nitrogens is 1. The maximum atomic E-state index is 5.77. The van der Waals surface area contributed by atoms with Crippen LogP contribution in [0, 0.1) is 0 Å². The Bertz CT molecular complexity index is 385. The molecule has 14 heavy (non-hydrogen) atoms. The molecule has 1 aromatic carbocycles. The van der Waals surface area contributed by atoms with Gasteiger partial charge in [0.1, 0.15) is 6.26 Å². The first-order valence-electron chi connectivity index (χ1n) is 4.12. The topological polar surface area (TPSA) is 26.0 Å². The molecule has 0 radical (unpaired) electrons. The Hall–Kier alpha value is -0.930. The zero-order chi connectivity index (χ0) is 9.80. The van der Waals surface area contributed by atoms with Gasteiger partial charge in [-0.25, -0.2) is 0 Å². The van der Waals surface area contributed by atoms with E-state index >= 15 is 0 Å². The molecule has 0 aliphatic carbocycles. The molecule has 0 amide bonds. The highest BCUT2D eigenvalue weighted by Crippen LogP contribution is 2.23. The molecule has 1 aromatic heterocycles. The van der Waals surface area contributed by atoms with Gasteiger partial charge in [0.05, 0.1) is 5.69 Å². The lowest BCUT2D eigenvalue weighted by Gasteiger charge is -1.98. The van der Waals surface area contributed by atoms with Gasteiger partial charge >= 0.3 is 0 Å². The first kappa shape index (κ1) is 9.62. The zero-order valence-electron chi connectivity index (χ0n) is 7.31. The average molecular weight is 226 g/mol. The second kappa shape index (κ2) is 4.53. The van der Waals surface area contributed by atoms with Gasteiger partial charge in [-0.15, -0.1) is 11.8 Å². The molecule has 72 valence electrons. The van der Waals surface area contributed by atoms with E-state index in [-0.39, 0.29) is 0 Å². The van der Waals surface area contributed by atoms with Crippen LogP contribution in [-0.4, -0.2) is 5.16 Å². The number of hydrogen-bond acceptors (Lipinski definition) is 3. The quantitative estimate of drug-likeness (QED) is 0.747. The summed E-state index contributed by atoms with van der Waals surface area (Å²) in [5.74, 6) is 0.818. The molecule has 0 fully saturated rings. The van der Waals surface area contributed by atoms with Crippen molar-refractivity contribution < 1.29 is 4.52 Å². The van der Waals surface area contributed by atoms with Gasteiger partial charge in [0.2, 0.25) is 0 Å². The molecule has 2 nitrogen and oxygen atoms in total. The zero-order valence-corrected chi connectivity index (χ0v) is 8.89. The van der Waals surface area contributed by atoms with Gasteiger partial charge in [-0.2, -0.15) is 0 Å². The van der Waals surface area contributed by atoms with Crippen LogP contribution in [0.25, 0.3) is 0 Å². The summed E-state index contributed by atoms with van der Waals surface area (Å²) in [6.07, 6.45) is 1.58. The van der Waals surface area contributed by atoms with Gasteiger partial charge in [-0.3, -0.25) is 0 Å². The summed E-state index contributed by atoms with van der Waals surface area (Å²) in [5, 5.41) is 4.59. The fourth-order valence-corrected chi connectivity index (χ4v) is 1.92. The van der Waals surface area contributed by atoms with Gasteiger partial charge in [0.15, 0.2) is 0 Å². The van der Waals surface area contributed by atoms with Crippen LogP contribution in [-0.2, 0) is 5.75 Å². The van der Waals surface area contributed by atoms with Crippen molar-refractivity contribution in [3.05, 3.63) is 47.3 Å². The predicted octanol–water partition coefficient (Wildman–Crippen LogP) is 3.62. The molecular weight excluding hydrogens is 218 g/mol. The van der Waals surface area contributed by atoms with Gasteiger partial charge in [-0.1, -0.05) is 16.8 Å². The van der Waals surface area contributed by atoms with Crippen LogP contribution in [0.5, 0.6) is 0 Å². The fourth-order valence-electron chi connectivity index (χ4n) is 1.00. The Morgan fingerprint density at radius 2 is 2.00 bits per heavy atom. The lowest BCUT2D eigenvalue weighted by molar-refractivity contribution is 0.414. The van der Waals surface area contributed by atoms with Crippen LogP contribution >= 0.6 is 23.4 Å². The highest BCUT2D eigenvalue weighted by atomic mass is 35.5. The van der Waals surface area contributed by atoms with E-state index in [2.05, 4.69) is 5.16 Å². The summed E-state index contributed by atoms with van der Waals surface area (Å²) < 4.78 is 4.74. The van der Waals surface area contributed by atoms with Crippen molar-refractivity contribution >= 4 is 23.4 Å². The second-order valence-electron chi connectivity index (χ2n) is 2.73. The first-order chi connectivity index (χ1) is 6.84. The third-order valence-corrected chi connectivity index (χ3v) is 2.99. The number of hydrogen-bond donors (Lipinski definition) is 0. The molecule has 0 unspecified atom stereocenters. The Balaban J connectivity index is 1.95. The van der Waals surface area contributed by atoms with Crippen LogP contribution in [0.3, 0.4) is 0 Å². The minimum absolute atomic E-state index is 0.760. The average Bonchev–Trinajstić information content (AvgIpc) is 2.70. The molecule has 2 rings (SSSR count). The van der Waals surface area contributed by atoms with Gasteiger partial charge in [-0.05, 0) is 24.3 Å². The number of halogens is 1. The molecule has 1 heterocycles. The van der Waals surface area contributed by atoms with E-state index in [1.807, 2.05) is 30.3 Å². The SMILES string of the molecule is Clc1ccc(SCc2ccon2)cc1. The maximum absolute atomic E-state index is 5.77. The van der Waals surface area contributed by atoms with Gasteiger partial charge in [0.25, 0.3) is 0 Å². The van der Waals surface area contributed by atoms with E-state index in [4.69, 9.17) is 16.1 Å². The predicted molar refractivity (Wildman–Crippen MR) is 57.5 cm³/mol. The summed E-state index contributed by atoms with van der Waals surface area (Å²) in [7, 11) is 0. The Morgan fingerprint density at radius 1 is 1.21 bits per heavy atom. The summed E-state index contributed by atoms with van der Waals surface area (Å²) in [6.45, 7) is 0. The molecule has 2 aromatic rings. The largest absolute Gasteiger partial charge is 0.364 e. The molecular formula is C10H8ClNOS. The summed E-state index contributed by atoms with van der Waals surface area (Å²) in [5.41, 5.74) is 0.949. The Kier molecular flexibility index (Phi) is 3.11. The number of benzene rings is 1. The smallest absolute Gasteiger partial charge is 0.124 e. The highest BCUT2D eigenvalue weighted by molar-refractivity contribution is 7.98. The lowest BCUT2D eigenvalue weighted by Crippen LogP contribution is -1.78. The van der Waals surface area contributed by atoms with E-state index in [1.54, 1.807) is 18.0 Å². The molecule has 0 atom stereocenters. The molecule has 0 bridgehead atoms. The van der Waals surface area contributed by atoms with E-state index in [9.17, 15) is 0 Å². The molecule has 0 saturated carbocycles. The third-order valence-electron chi connectivity index (χ3n) is 1.69. The normalized spacial score (nSPS) is 10.4. The van der Waals surface area contributed by atoms with Crippen LogP contribution < -0.4 is 0 Å². The van der Waals surface area contributed by atoms with Crippen LogP contribution in [0.4, 0.5) is 0 Å². The molecule has 0 spiro atoms. The van der Waals surface area contributed by atoms with Crippen LogP contribution in [0.1, 0.15) is 5.69 Å². The van der Waals surface area contributed by atoms with E-state index < -0.39 is 0 Å². The van der Waals surface area contributed by atoms with Crippen molar-refractivity contribution in [3.63, 3.8) is 0 Å². The Labute approximate surface area is 91.2 Å². The maximum Gasteiger partial charge on any atom is 0.124 e. The lowest BCUT2D eigenvalue weighted by atomic mass is 10.4. The highest BCUT2D eigenvalue weighted by Gasteiger charge is 1.98. The number of thioether (sulfide) groups is 1. The van der Waals surface area contributed by atoms with E-state index in [0.717, 1.165) is 16.5 Å². The second-order valence-corrected chi connectivity index (χ2v) is 4.22. The van der Waals surface area contributed by atoms with Gasteiger partial charge in [0, 0.05) is 21.7 Å². The van der Waals surface area contributed by atoms with Crippen molar-refractivity contribution in [1.29, 1.82) is 0 Å². The molecule has 0 aliphatic heterocycles. The molecule has 0 N–H and O–H groups in total. The van der Waals surface area contributed by atoms with Gasteiger partial charge < -0.3 is 4.52 Å². The van der Waals surface area contributed by atoms with Crippen molar-refractivity contribution in [1.82, 2.24) is 5.16 Å². The van der Waals surface area contributed by atoms with Crippen molar-refractivity contribution in [2.24, 2.45) is 0 Å².